The average molecular weight is 164 g/mol. The highest BCUT2D eigenvalue weighted by molar-refractivity contribution is 6.30. The lowest BCUT2D eigenvalue weighted by molar-refractivity contribution is -0.132. The van der Waals surface area contributed by atoms with Gasteiger partial charge < -0.3 is 10.1 Å². The second-order valence-corrected chi connectivity index (χ2v) is 2.93. The van der Waals surface area contributed by atoms with Crippen molar-refractivity contribution in [1.82, 2.24) is 5.32 Å². The zero-order valence-corrected chi connectivity index (χ0v) is 6.52. The van der Waals surface area contributed by atoms with Gasteiger partial charge in [0.25, 0.3) is 0 Å². The van der Waals surface area contributed by atoms with Crippen molar-refractivity contribution in [3.05, 3.63) is 0 Å². The molecule has 0 radical (unpaired) electrons. The van der Waals surface area contributed by atoms with E-state index >= 15 is 0 Å². The van der Waals surface area contributed by atoms with E-state index < -0.39 is 5.38 Å². The molecule has 3 nitrogen and oxygen atoms in total. The second-order valence-electron chi connectivity index (χ2n) is 2.27. The number of rotatable bonds is 2. The number of hydrogen-bond donors (Lipinski definition) is 1. The molecule has 0 aromatic heterocycles. The molecule has 0 aromatic carbocycles. The minimum atomic E-state index is -0.468. The minimum Gasteiger partial charge on any atom is -0.358 e. The summed E-state index contributed by atoms with van der Waals surface area (Å²) in [5, 5.41) is 2.15. The average Bonchev–Trinajstić information content (AvgIpc) is 1.77. The lowest BCUT2D eigenvalue weighted by atomic mass is 10.3. The van der Waals surface area contributed by atoms with Crippen molar-refractivity contribution >= 4 is 17.5 Å². The molecule has 2 atom stereocenters. The van der Waals surface area contributed by atoms with Crippen LogP contribution in [0.25, 0.3) is 0 Å². The Balaban J connectivity index is 2.17. The van der Waals surface area contributed by atoms with Crippen LogP contribution in [0.1, 0.15) is 13.3 Å². The Morgan fingerprint density at radius 1 is 1.90 bits per heavy atom. The molecule has 1 N–H and O–H groups in total. The van der Waals surface area contributed by atoms with Crippen LogP contribution in [0.15, 0.2) is 0 Å². The molecule has 1 heterocycles. The zero-order chi connectivity index (χ0) is 7.56. The standard InChI is InChI=1S/C6H10ClNO2/c1-4(7)6(9)8-5-2-3-10-5/h4-5H,2-3H2,1H3,(H,8,9). The van der Waals surface area contributed by atoms with E-state index in [1.807, 2.05) is 0 Å². The molecular weight excluding hydrogens is 154 g/mol. The van der Waals surface area contributed by atoms with Gasteiger partial charge in [0, 0.05) is 6.42 Å². The summed E-state index contributed by atoms with van der Waals surface area (Å²) >= 11 is 5.49. The number of alkyl halides is 1. The van der Waals surface area contributed by atoms with Gasteiger partial charge in [0.2, 0.25) is 5.91 Å². The molecule has 4 heteroatoms. The summed E-state index contributed by atoms with van der Waals surface area (Å²) in [6.07, 6.45) is 0.809. The maximum absolute atomic E-state index is 10.8. The summed E-state index contributed by atoms with van der Waals surface area (Å²) in [6, 6.07) is 0. The van der Waals surface area contributed by atoms with Gasteiger partial charge in [-0.05, 0) is 6.92 Å². The lowest BCUT2D eigenvalue weighted by Gasteiger charge is -2.27. The van der Waals surface area contributed by atoms with Crippen molar-refractivity contribution in [2.45, 2.75) is 24.9 Å². The first-order chi connectivity index (χ1) is 4.70. The fourth-order valence-corrected chi connectivity index (χ4v) is 0.686. The number of ether oxygens (including phenoxy) is 1. The van der Waals surface area contributed by atoms with Gasteiger partial charge in [-0.2, -0.15) is 0 Å². The molecule has 2 unspecified atom stereocenters. The van der Waals surface area contributed by atoms with Gasteiger partial charge in [-0.3, -0.25) is 4.79 Å². The molecule has 0 spiro atoms. The number of carbonyl (C=O) groups excluding carboxylic acids is 1. The quantitative estimate of drug-likeness (QED) is 0.602. The summed E-state index contributed by atoms with van der Waals surface area (Å²) in [5.74, 6) is -0.161. The van der Waals surface area contributed by atoms with E-state index in [-0.39, 0.29) is 12.1 Å². The van der Waals surface area contributed by atoms with E-state index in [1.54, 1.807) is 6.92 Å². The highest BCUT2D eigenvalue weighted by Gasteiger charge is 2.21. The van der Waals surface area contributed by atoms with Crippen LogP contribution in [0.5, 0.6) is 0 Å². The Bertz CT molecular complexity index is 134. The van der Waals surface area contributed by atoms with Crippen LogP contribution < -0.4 is 5.32 Å². The topological polar surface area (TPSA) is 38.3 Å². The number of amides is 1. The number of nitrogens with one attached hydrogen (secondary N) is 1. The first-order valence-corrected chi connectivity index (χ1v) is 3.70. The summed E-state index contributed by atoms with van der Waals surface area (Å²) < 4.78 is 4.96. The van der Waals surface area contributed by atoms with Gasteiger partial charge in [-0.1, -0.05) is 0 Å². The van der Waals surface area contributed by atoms with Crippen molar-refractivity contribution < 1.29 is 9.53 Å². The van der Waals surface area contributed by atoms with Crippen LogP contribution in [-0.2, 0) is 9.53 Å². The van der Waals surface area contributed by atoms with Gasteiger partial charge >= 0.3 is 0 Å². The predicted molar refractivity (Wildman–Crippen MR) is 37.8 cm³/mol. The summed E-state index contributed by atoms with van der Waals surface area (Å²) in [6.45, 7) is 2.37. The van der Waals surface area contributed by atoms with Gasteiger partial charge in [-0.25, -0.2) is 0 Å². The second kappa shape index (κ2) is 3.21. The normalized spacial score (nSPS) is 26.8. The highest BCUT2D eigenvalue weighted by atomic mass is 35.5. The number of halogens is 1. The van der Waals surface area contributed by atoms with E-state index in [2.05, 4.69) is 5.32 Å². The third-order valence-corrected chi connectivity index (χ3v) is 1.56. The van der Waals surface area contributed by atoms with Crippen LogP contribution in [0, 0.1) is 0 Å². The first kappa shape index (κ1) is 7.82. The molecule has 1 amide bonds. The van der Waals surface area contributed by atoms with Crippen molar-refractivity contribution in [1.29, 1.82) is 0 Å². The van der Waals surface area contributed by atoms with Crippen LogP contribution in [-0.4, -0.2) is 24.1 Å². The molecule has 1 saturated heterocycles. The third kappa shape index (κ3) is 1.85. The Kier molecular flexibility index (Phi) is 2.51. The Hall–Kier alpha value is -0.280. The van der Waals surface area contributed by atoms with E-state index in [0.29, 0.717) is 0 Å². The smallest absolute Gasteiger partial charge is 0.239 e. The number of hydrogen-bond acceptors (Lipinski definition) is 2. The largest absolute Gasteiger partial charge is 0.358 e. The molecule has 0 saturated carbocycles. The maximum Gasteiger partial charge on any atom is 0.239 e. The fraction of sp³-hybridized carbons (Fsp3) is 0.833. The molecule has 1 aliphatic rings. The van der Waals surface area contributed by atoms with Gasteiger partial charge in [0.1, 0.15) is 11.6 Å². The van der Waals surface area contributed by atoms with Crippen LogP contribution in [0.2, 0.25) is 0 Å². The molecule has 58 valence electrons. The predicted octanol–water partition coefficient (Wildman–Crippen LogP) is 0.476. The zero-order valence-electron chi connectivity index (χ0n) is 5.76. The summed E-state index contributed by atoms with van der Waals surface area (Å²) in [4.78, 5) is 10.8. The van der Waals surface area contributed by atoms with Crippen LogP contribution in [0.3, 0.4) is 0 Å². The SMILES string of the molecule is CC(Cl)C(=O)NC1CCO1. The molecule has 1 fully saturated rings. The van der Waals surface area contributed by atoms with Crippen LogP contribution >= 0.6 is 11.6 Å². The van der Waals surface area contributed by atoms with E-state index in [4.69, 9.17) is 16.3 Å². The van der Waals surface area contributed by atoms with E-state index in [9.17, 15) is 4.79 Å². The molecule has 10 heavy (non-hydrogen) atoms. The first-order valence-electron chi connectivity index (χ1n) is 3.26. The Labute approximate surface area is 64.7 Å². The molecule has 1 aliphatic heterocycles. The van der Waals surface area contributed by atoms with Gasteiger partial charge in [0.15, 0.2) is 0 Å². The Morgan fingerprint density at radius 2 is 2.50 bits per heavy atom. The fourth-order valence-electron chi connectivity index (χ4n) is 0.623. The lowest BCUT2D eigenvalue weighted by Crippen LogP contribution is -2.46. The summed E-state index contributed by atoms with van der Waals surface area (Å²) in [7, 11) is 0. The van der Waals surface area contributed by atoms with Crippen LogP contribution in [0.4, 0.5) is 0 Å². The van der Waals surface area contributed by atoms with Crippen molar-refractivity contribution in [3.63, 3.8) is 0 Å². The van der Waals surface area contributed by atoms with E-state index in [1.165, 1.54) is 0 Å². The van der Waals surface area contributed by atoms with Crippen molar-refractivity contribution in [2.24, 2.45) is 0 Å². The maximum atomic E-state index is 10.8. The minimum absolute atomic E-state index is 0.0892. The monoisotopic (exact) mass is 163 g/mol. The molecule has 0 bridgehead atoms. The molecular formula is C6H10ClNO2. The molecule has 0 aromatic rings. The summed E-state index contributed by atoms with van der Waals surface area (Å²) in [5.41, 5.74) is 0. The molecule has 1 rings (SSSR count). The highest BCUT2D eigenvalue weighted by Crippen LogP contribution is 2.07. The van der Waals surface area contributed by atoms with Crippen molar-refractivity contribution in [2.75, 3.05) is 6.61 Å². The van der Waals surface area contributed by atoms with Crippen molar-refractivity contribution in [3.8, 4) is 0 Å². The third-order valence-electron chi connectivity index (χ3n) is 1.36. The van der Waals surface area contributed by atoms with Gasteiger partial charge in [0.05, 0.1) is 6.61 Å². The Morgan fingerprint density at radius 3 is 2.80 bits per heavy atom. The van der Waals surface area contributed by atoms with Gasteiger partial charge in [-0.15, -0.1) is 11.6 Å². The number of carbonyl (C=O) groups is 1. The van der Waals surface area contributed by atoms with E-state index in [0.717, 1.165) is 13.0 Å². The molecule has 0 aliphatic carbocycles.